The summed E-state index contributed by atoms with van der Waals surface area (Å²) >= 11 is 0. The van der Waals surface area contributed by atoms with Crippen LogP contribution >= 0.6 is 0 Å². The molecule has 0 aromatic carbocycles. The van der Waals surface area contributed by atoms with Gasteiger partial charge in [-0.3, -0.25) is 9.78 Å². The molecular formula is C19H28N2O2. The van der Waals surface area contributed by atoms with Gasteiger partial charge in [-0.25, -0.2) is 0 Å². The maximum Gasteiger partial charge on any atom is 0.223 e. The van der Waals surface area contributed by atoms with Crippen molar-refractivity contribution in [1.82, 2.24) is 9.88 Å². The molecule has 4 nitrogen and oxygen atoms in total. The largest absolute Gasteiger partial charge is 0.381 e. The van der Waals surface area contributed by atoms with Crippen molar-refractivity contribution < 1.29 is 9.53 Å². The number of aromatic nitrogens is 1. The van der Waals surface area contributed by atoms with E-state index in [1.807, 2.05) is 12.3 Å². The minimum absolute atomic E-state index is 0.302. The second kappa shape index (κ2) is 8.44. The van der Waals surface area contributed by atoms with Crippen molar-refractivity contribution in [1.29, 1.82) is 0 Å². The number of hydrogen-bond donors (Lipinski definition) is 0. The van der Waals surface area contributed by atoms with Crippen LogP contribution in [0.15, 0.2) is 24.5 Å². The number of amides is 1. The Morgan fingerprint density at radius 1 is 1.22 bits per heavy atom. The third-order valence-electron chi connectivity index (χ3n) is 5.13. The lowest BCUT2D eigenvalue weighted by Crippen LogP contribution is -2.42. The first-order chi connectivity index (χ1) is 11.3. The molecule has 3 rings (SSSR count). The van der Waals surface area contributed by atoms with Gasteiger partial charge in [-0.05, 0) is 43.2 Å². The van der Waals surface area contributed by atoms with Gasteiger partial charge in [-0.15, -0.1) is 0 Å². The summed E-state index contributed by atoms with van der Waals surface area (Å²) in [4.78, 5) is 19.3. The van der Waals surface area contributed by atoms with Gasteiger partial charge >= 0.3 is 0 Å². The normalized spacial score (nSPS) is 22.7. The molecule has 1 amide bonds. The van der Waals surface area contributed by atoms with Crippen molar-refractivity contribution in [3.63, 3.8) is 0 Å². The summed E-state index contributed by atoms with van der Waals surface area (Å²) in [6.07, 6.45) is 12.6. The van der Waals surface area contributed by atoms with Crippen LogP contribution in [-0.2, 0) is 16.1 Å². The molecule has 0 bridgehead atoms. The Bertz CT molecular complexity index is 479. The molecule has 0 spiro atoms. The van der Waals surface area contributed by atoms with E-state index >= 15 is 0 Å². The van der Waals surface area contributed by atoms with E-state index in [1.165, 1.54) is 19.3 Å². The lowest BCUT2D eigenvalue weighted by Gasteiger charge is -2.35. The quantitative estimate of drug-likeness (QED) is 0.834. The highest BCUT2D eigenvalue weighted by atomic mass is 16.5. The number of rotatable bonds is 5. The minimum atomic E-state index is 0.302. The van der Waals surface area contributed by atoms with Gasteiger partial charge in [0.2, 0.25) is 5.91 Å². The van der Waals surface area contributed by atoms with E-state index in [-0.39, 0.29) is 0 Å². The zero-order valence-corrected chi connectivity index (χ0v) is 14.0. The highest BCUT2D eigenvalue weighted by Gasteiger charge is 2.28. The number of ether oxygens (including phenoxy) is 1. The molecule has 1 atom stereocenters. The van der Waals surface area contributed by atoms with Crippen molar-refractivity contribution in [3.05, 3.63) is 30.1 Å². The second-order valence-corrected chi connectivity index (χ2v) is 6.96. The molecule has 0 radical (unpaired) electrons. The fourth-order valence-corrected chi connectivity index (χ4v) is 3.83. The predicted octanol–water partition coefficient (Wildman–Crippen LogP) is 3.56. The van der Waals surface area contributed by atoms with E-state index < -0.39 is 0 Å². The lowest BCUT2D eigenvalue weighted by molar-refractivity contribution is -0.137. The van der Waals surface area contributed by atoms with Crippen LogP contribution in [0, 0.1) is 5.92 Å². The average Bonchev–Trinajstić information content (AvgIpc) is 2.62. The van der Waals surface area contributed by atoms with Crippen molar-refractivity contribution in [2.75, 3.05) is 13.2 Å². The van der Waals surface area contributed by atoms with E-state index in [2.05, 4.69) is 16.0 Å². The fourth-order valence-electron chi connectivity index (χ4n) is 3.83. The van der Waals surface area contributed by atoms with Crippen LogP contribution in [-0.4, -0.2) is 35.0 Å². The van der Waals surface area contributed by atoms with Gasteiger partial charge in [0.15, 0.2) is 0 Å². The van der Waals surface area contributed by atoms with Crippen LogP contribution in [0.3, 0.4) is 0 Å². The Balaban J connectivity index is 1.66. The first kappa shape index (κ1) is 16.4. The number of nitrogens with zero attached hydrogens (tertiary/aromatic N) is 2. The molecule has 1 aliphatic carbocycles. The molecule has 4 heteroatoms. The molecule has 0 N–H and O–H groups in total. The molecule has 1 saturated carbocycles. The molecule has 2 fully saturated rings. The van der Waals surface area contributed by atoms with Crippen LogP contribution in [0.1, 0.15) is 56.9 Å². The first-order valence-electron chi connectivity index (χ1n) is 9.09. The van der Waals surface area contributed by atoms with Gasteiger partial charge in [0.1, 0.15) is 0 Å². The summed E-state index contributed by atoms with van der Waals surface area (Å²) in [6, 6.07) is 4.43. The van der Waals surface area contributed by atoms with E-state index in [1.54, 1.807) is 6.20 Å². The summed E-state index contributed by atoms with van der Waals surface area (Å²) in [5.41, 5.74) is 1.13. The van der Waals surface area contributed by atoms with Crippen molar-refractivity contribution in [2.45, 2.75) is 64.0 Å². The Morgan fingerprint density at radius 3 is 2.78 bits per heavy atom. The highest BCUT2D eigenvalue weighted by Crippen LogP contribution is 2.26. The Morgan fingerprint density at radius 2 is 2.09 bits per heavy atom. The molecule has 126 valence electrons. The van der Waals surface area contributed by atoms with Gasteiger partial charge in [0.05, 0.1) is 0 Å². The molecule has 1 aromatic rings. The second-order valence-electron chi connectivity index (χ2n) is 6.96. The first-order valence-corrected chi connectivity index (χ1v) is 9.09. The molecule has 23 heavy (non-hydrogen) atoms. The Labute approximate surface area is 139 Å². The summed E-state index contributed by atoms with van der Waals surface area (Å²) in [5, 5.41) is 0. The van der Waals surface area contributed by atoms with Gasteiger partial charge < -0.3 is 9.64 Å². The zero-order valence-electron chi connectivity index (χ0n) is 14.0. The molecule has 1 aromatic heterocycles. The number of carbonyl (C=O) groups is 1. The third-order valence-corrected chi connectivity index (χ3v) is 5.13. The summed E-state index contributed by atoms with van der Waals surface area (Å²) in [7, 11) is 0. The predicted molar refractivity (Wildman–Crippen MR) is 89.8 cm³/mol. The number of pyridine rings is 1. The van der Waals surface area contributed by atoms with Crippen molar-refractivity contribution in [2.24, 2.45) is 5.92 Å². The number of carbonyl (C=O) groups excluding carboxylic acids is 1. The molecule has 1 unspecified atom stereocenters. The average molecular weight is 316 g/mol. The summed E-state index contributed by atoms with van der Waals surface area (Å²) < 4.78 is 5.55. The monoisotopic (exact) mass is 316 g/mol. The van der Waals surface area contributed by atoms with Gasteiger partial charge in [-0.2, -0.15) is 0 Å². The van der Waals surface area contributed by atoms with Crippen LogP contribution < -0.4 is 0 Å². The maximum atomic E-state index is 13.0. The number of hydrogen-bond acceptors (Lipinski definition) is 3. The molecule has 1 saturated heterocycles. The molecular weight excluding hydrogens is 288 g/mol. The van der Waals surface area contributed by atoms with Gasteiger partial charge in [0.25, 0.3) is 0 Å². The van der Waals surface area contributed by atoms with Gasteiger partial charge in [-0.1, -0.05) is 25.3 Å². The Kier molecular flexibility index (Phi) is 6.03. The minimum Gasteiger partial charge on any atom is -0.381 e. The van der Waals surface area contributed by atoms with E-state index in [0.29, 0.717) is 30.8 Å². The zero-order chi connectivity index (χ0) is 15.9. The van der Waals surface area contributed by atoms with E-state index in [9.17, 15) is 4.79 Å². The van der Waals surface area contributed by atoms with E-state index in [4.69, 9.17) is 4.74 Å². The molecule has 1 aliphatic heterocycles. The van der Waals surface area contributed by atoms with Crippen LogP contribution in [0.4, 0.5) is 0 Å². The smallest absolute Gasteiger partial charge is 0.223 e. The van der Waals surface area contributed by atoms with Gasteiger partial charge in [0, 0.05) is 44.6 Å². The summed E-state index contributed by atoms with van der Waals surface area (Å²) in [6.45, 7) is 2.30. The van der Waals surface area contributed by atoms with Crippen molar-refractivity contribution >= 4 is 5.91 Å². The topological polar surface area (TPSA) is 42.4 Å². The Hall–Kier alpha value is -1.42. The standard InChI is InChI=1S/C19H28N2O2/c22-19(12-16-7-5-11-23-15-16)21(18-8-2-1-3-9-18)14-17-6-4-10-20-13-17/h4,6,10,13,16,18H,1-3,5,7-9,11-12,14-15H2. The third kappa shape index (κ3) is 4.77. The maximum absolute atomic E-state index is 13.0. The summed E-state index contributed by atoms with van der Waals surface area (Å²) in [5.74, 6) is 0.701. The molecule has 2 heterocycles. The van der Waals surface area contributed by atoms with Crippen molar-refractivity contribution in [3.8, 4) is 0 Å². The van der Waals surface area contributed by atoms with Crippen LogP contribution in [0.5, 0.6) is 0 Å². The SMILES string of the molecule is O=C(CC1CCCOC1)N(Cc1cccnc1)C1CCCCC1. The van der Waals surface area contributed by atoms with Crippen LogP contribution in [0.25, 0.3) is 0 Å². The van der Waals surface area contributed by atoms with Crippen LogP contribution in [0.2, 0.25) is 0 Å². The van der Waals surface area contributed by atoms with E-state index in [0.717, 1.165) is 44.5 Å². The fraction of sp³-hybridized carbons (Fsp3) is 0.684. The highest BCUT2D eigenvalue weighted by molar-refractivity contribution is 5.76. The molecule has 2 aliphatic rings. The lowest BCUT2D eigenvalue weighted by atomic mass is 9.92.